The Kier molecular flexibility index (Phi) is 3.84. The highest BCUT2D eigenvalue weighted by molar-refractivity contribution is 5.92. The topological polar surface area (TPSA) is 79.4 Å². The maximum atomic E-state index is 6.12. The molecule has 2 bridgehead atoms. The number of fused-ring (bicyclic) bond motifs is 3. The third-order valence-electron chi connectivity index (χ3n) is 5.43. The van der Waals surface area contributed by atoms with Gasteiger partial charge in [0.15, 0.2) is 5.96 Å². The molecular weight excluding hydrogens is 300 g/mol. The Morgan fingerprint density at radius 2 is 1.92 bits per heavy atom. The maximum Gasteiger partial charge on any atom is 0.230 e. The van der Waals surface area contributed by atoms with Crippen molar-refractivity contribution in [2.45, 2.75) is 50.7 Å². The van der Waals surface area contributed by atoms with E-state index in [1.807, 2.05) is 31.2 Å². The van der Waals surface area contributed by atoms with Gasteiger partial charge in [0.25, 0.3) is 0 Å². The Morgan fingerprint density at radius 1 is 1.21 bits per heavy atom. The molecule has 1 aromatic carbocycles. The molecule has 126 valence electrons. The minimum atomic E-state index is 0.299. The number of aliphatic imine (C=N–C) groups is 1. The Bertz CT molecular complexity index is 772. The van der Waals surface area contributed by atoms with Crippen molar-refractivity contribution < 1.29 is 0 Å². The average Bonchev–Trinajstić information content (AvgIpc) is 2.77. The van der Waals surface area contributed by atoms with Crippen LogP contribution in [0.25, 0.3) is 10.9 Å². The van der Waals surface area contributed by atoms with E-state index in [2.05, 4.69) is 27.2 Å². The first-order valence-electron chi connectivity index (χ1n) is 8.66. The van der Waals surface area contributed by atoms with Gasteiger partial charge in [0.05, 0.1) is 17.3 Å². The molecule has 2 aliphatic rings. The number of hydrogen-bond donors (Lipinski definition) is 2. The van der Waals surface area contributed by atoms with Gasteiger partial charge in [0.1, 0.15) is 0 Å². The van der Waals surface area contributed by atoms with E-state index < -0.39 is 0 Å². The summed E-state index contributed by atoms with van der Waals surface area (Å²) in [6.07, 6.45) is 4.75. The standard InChI is InChI=1S/C18H24N6/c1-11-15-5-3-4-6-16(15)22-18(20-11)23-17(19)21-12-9-13-7-8-14(10-12)24(13)2/h3-6,12-14H,7-10H2,1-2H3,(H3,19,20,21,22,23). The summed E-state index contributed by atoms with van der Waals surface area (Å²) in [6, 6.07) is 9.60. The van der Waals surface area contributed by atoms with Crippen LogP contribution in [-0.4, -0.2) is 46.0 Å². The van der Waals surface area contributed by atoms with Crippen LogP contribution in [0, 0.1) is 6.92 Å². The van der Waals surface area contributed by atoms with E-state index >= 15 is 0 Å². The first-order chi connectivity index (χ1) is 11.6. The molecule has 2 unspecified atom stereocenters. The number of para-hydroxylation sites is 1. The van der Waals surface area contributed by atoms with Crippen molar-refractivity contribution in [1.29, 1.82) is 0 Å². The van der Waals surface area contributed by atoms with Gasteiger partial charge in [-0.1, -0.05) is 18.2 Å². The Hall–Kier alpha value is -2.21. The number of guanidine groups is 1. The Labute approximate surface area is 142 Å². The minimum absolute atomic E-state index is 0.299. The molecule has 3 N–H and O–H groups in total. The summed E-state index contributed by atoms with van der Waals surface area (Å²) < 4.78 is 0. The molecule has 0 saturated carbocycles. The Morgan fingerprint density at radius 3 is 2.67 bits per heavy atom. The van der Waals surface area contributed by atoms with Gasteiger partial charge in [-0.25, -0.2) is 15.0 Å². The quantitative estimate of drug-likeness (QED) is 0.654. The minimum Gasteiger partial charge on any atom is -0.370 e. The van der Waals surface area contributed by atoms with E-state index in [0.29, 0.717) is 30.0 Å². The van der Waals surface area contributed by atoms with Gasteiger partial charge >= 0.3 is 0 Å². The van der Waals surface area contributed by atoms with E-state index in [1.54, 1.807) is 0 Å². The van der Waals surface area contributed by atoms with Crippen LogP contribution >= 0.6 is 0 Å². The lowest BCUT2D eigenvalue weighted by Gasteiger charge is -2.34. The first kappa shape index (κ1) is 15.3. The van der Waals surface area contributed by atoms with Crippen molar-refractivity contribution in [1.82, 2.24) is 14.9 Å². The number of hydrogen-bond acceptors (Lipinski definition) is 4. The van der Waals surface area contributed by atoms with Crippen molar-refractivity contribution in [3.05, 3.63) is 30.0 Å². The van der Waals surface area contributed by atoms with Gasteiger partial charge < -0.3 is 10.6 Å². The fraction of sp³-hybridized carbons (Fsp3) is 0.500. The van der Waals surface area contributed by atoms with Crippen LogP contribution in [-0.2, 0) is 0 Å². The molecule has 2 aromatic rings. The van der Waals surface area contributed by atoms with Gasteiger partial charge in [0.2, 0.25) is 5.95 Å². The predicted octanol–water partition coefficient (Wildman–Crippen LogP) is 2.29. The molecule has 2 saturated heterocycles. The van der Waals surface area contributed by atoms with Crippen molar-refractivity contribution in [2.75, 3.05) is 12.4 Å². The summed E-state index contributed by atoms with van der Waals surface area (Å²) in [5, 5.41) is 4.14. The molecule has 0 spiro atoms. The van der Waals surface area contributed by atoms with Crippen LogP contribution in [0.1, 0.15) is 31.4 Å². The third kappa shape index (κ3) is 2.82. The van der Waals surface area contributed by atoms with Crippen LogP contribution in [0.3, 0.4) is 0 Å². The third-order valence-corrected chi connectivity index (χ3v) is 5.43. The van der Waals surface area contributed by atoms with Crippen molar-refractivity contribution in [2.24, 2.45) is 10.7 Å². The zero-order valence-electron chi connectivity index (χ0n) is 14.2. The first-order valence-corrected chi connectivity index (χ1v) is 8.66. The number of aromatic nitrogens is 2. The molecule has 0 aliphatic carbocycles. The summed E-state index contributed by atoms with van der Waals surface area (Å²) in [7, 11) is 2.23. The molecule has 4 rings (SSSR count). The lowest BCUT2D eigenvalue weighted by Crippen LogP contribution is -2.42. The highest BCUT2D eigenvalue weighted by Gasteiger charge is 2.38. The van der Waals surface area contributed by atoms with E-state index in [9.17, 15) is 0 Å². The predicted molar refractivity (Wildman–Crippen MR) is 97.1 cm³/mol. The van der Waals surface area contributed by atoms with Crippen LogP contribution in [0.4, 0.5) is 5.95 Å². The number of rotatable bonds is 2. The highest BCUT2D eigenvalue weighted by atomic mass is 15.2. The van der Waals surface area contributed by atoms with E-state index in [0.717, 1.165) is 29.4 Å². The second kappa shape index (κ2) is 6.02. The fourth-order valence-corrected chi connectivity index (χ4v) is 4.12. The van der Waals surface area contributed by atoms with E-state index in [1.165, 1.54) is 12.8 Å². The number of nitrogens with one attached hydrogen (secondary N) is 1. The van der Waals surface area contributed by atoms with Crippen LogP contribution < -0.4 is 11.1 Å². The van der Waals surface area contributed by atoms with Crippen molar-refractivity contribution in [3.8, 4) is 0 Å². The van der Waals surface area contributed by atoms with Crippen LogP contribution in [0.15, 0.2) is 29.3 Å². The van der Waals surface area contributed by atoms with Gasteiger partial charge in [-0.2, -0.15) is 0 Å². The smallest absolute Gasteiger partial charge is 0.230 e. The summed E-state index contributed by atoms with van der Waals surface area (Å²) in [4.78, 5) is 16.2. The summed E-state index contributed by atoms with van der Waals surface area (Å²) in [5.74, 6) is 0.932. The lowest BCUT2D eigenvalue weighted by molar-refractivity contribution is 0.164. The molecule has 2 atom stereocenters. The highest BCUT2D eigenvalue weighted by Crippen LogP contribution is 2.35. The van der Waals surface area contributed by atoms with Crippen molar-refractivity contribution in [3.63, 3.8) is 0 Å². The van der Waals surface area contributed by atoms with E-state index in [4.69, 9.17) is 10.7 Å². The zero-order valence-corrected chi connectivity index (χ0v) is 14.2. The molecule has 2 fully saturated rings. The fourth-order valence-electron chi connectivity index (χ4n) is 4.12. The number of nitrogens with two attached hydrogens (primary N) is 1. The largest absolute Gasteiger partial charge is 0.370 e. The molecule has 3 heterocycles. The van der Waals surface area contributed by atoms with Crippen molar-refractivity contribution >= 4 is 22.8 Å². The molecule has 24 heavy (non-hydrogen) atoms. The number of piperidine rings is 1. The number of nitrogens with zero attached hydrogens (tertiary/aromatic N) is 4. The molecule has 2 aliphatic heterocycles. The number of anilines is 1. The van der Waals surface area contributed by atoms with E-state index in [-0.39, 0.29) is 0 Å². The summed E-state index contributed by atoms with van der Waals surface area (Å²) >= 11 is 0. The summed E-state index contributed by atoms with van der Waals surface area (Å²) in [6.45, 7) is 1.98. The van der Waals surface area contributed by atoms with Crippen LogP contribution in [0.2, 0.25) is 0 Å². The molecule has 0 amide bonds. The number of aryl methyl sites for hydroxylation is 1. The second-order valence-corrected chi connectivity index (χ2v) is 6.96. The maximum absolute atomic E-state index is 6.12. The Balaban J connectivity index is 1.51. The number of benzene rings is 1. The molecule has 6 nitrogen and oxygen atoms in total. The lowest BCUT2D eigenvalue weighted by atomic mass is 9.99. The van der Waals surface area contributed by atoms with Gasteiger partial charge in [0, 0.05) is 17.5 Å². The molecule has 0 radical (unpaired) electrons. The molecule has 6 heteroatoms. The zero-order chi connectivity index (χ0) is 16.7. The second-order valence-electron chi connectivity index (χ2n) is 6.96. The van der Waals surface area contributed by atoms with Gasteiger partial charge in [-0.3, -0.25) is 5.32 Å². The van der Waals surface area contributed by atoms with Gasteiger partial charge in [-0.05, 0) is 45.7 Å². The van der Waals surface area contributed by atoms with Crippen LogP contribution in [0.5, 0.6) is 0 Å². The normalized spacial score (nSPS) is 27.6. The summed E-state index contributed by atoms with van der Waals surface area (Å²) in [5.41, 5.74) is 7.97. The SMILES string of the molecule is Cc1nc(NC(N)=NC2CC3CCC(C2)N3C)nc2ccccc12. The average molecular weight is 324 g/mol. The molecular formula is C18H24N6. The monoisotopic (exact) mass is 324 g/mol. The van der Waals surface area contributed by atoms with Gasteiger partial charge in [-0.15, -0.1) is 0 Å². The molecule has 1 aromatic heterocycles.